The van der Waals surface area contributed by atoms with Gasteiger partial charge in [-0.15, -0.1) is 0 Å². The van der Waals surface area contributed by atoms with E-state index >= 15 is 0 Å². The number of ether oxygens (including phenoxy) is 1. The number of para-hydroxylation sites is 1. The van der Waals surface area contributed by atoms with Crippen molar-refractivity contribution in [2.45, 2.75) is 20.3 Å². The van der Waals surface area contributed by atoms with E-state index in [1.165, 1.54) is 0 Å². The smallest absolute Gasteiger partial charge is 0.254 e. The van der Waals surface area contributed by atoms with Gasteiger partial charge < -0.3 is 10.1 Å². The van der Waals surface area contributed by atoms with E-state index in [0.29, 0.717) is 25.3 Å². The van der Waals surface area contributed by atoms with E-state index in [0.717, 1.165) is 22.9 Å². The first kappa shape index (κ1) is 15.7. The van der Waals surface area contributed by atoms with Gasteiger partial charge in [-0.2, -0.15) is 0 Å². The van der Waals surface area contributed by atoms with Crippen LogP contribution in [0.4, 0.5) is 0 Å². The number of benzene rings is 1. The second-order valence-corrected chi connectivity index (χ2v) is 5.14. The Hall–Kier alpha value is -1.65. The molecule has 0 aliphatic rings. The van der Waals surface area contributed by atoms with E-state index in [4.69, 9.17) is 16.3 Å². The van der Waals surface area contributed by atoms with Gasteiger partial charge in [-0.05, 0) is 31.9 Å². The maximum Gasteiger partial charge on any atom is 0.254 e. The topological polar surface area (TPSA) is 51.2 Å². The molecule has 0 radical (unpaired) electrons. The van der Waals surface area contributed by atoms with Gasteiger partial charge >= 0.3 is 0 Å². The Morgan fingerprint density at radius 3 is 3.00 bits per heavy atom. The van der Waals surface area contributed by atoms with Crippen LogP contribution >= 0.6 is 11.6 Å². The van der Waals surface area contributed by atoms with Gasteiger partial charge in [0.1, 0.15) is 5.15 Å². The molecule has 1 aromatic carbocycles. The number of hydrogen-bond acceptors (Lipinski definition) is 3. The Bertz CT molecular complexity index is 643. The van der Waals surface area contributed by atoms with E-state index in [1.54, 1.807) is 6.07 Å². The minimum atomic E-state index is -0.201. The fraction of sp³-hybridized carbons (Fsp3) is 0.375. The van der Waals surface area contributed by atoms with Crippen molar-refractivity contribution in [1.82, 2.24) is 10.3 Å². The lowest BCUT2D eigenvalue weighted by Gasteiger charge is -2.09. The zero-order valence-corrected chi connectivity index (χ0v) is 13.0. The third-order valence-corrected chi connectivity index (χ3v) is 3.49. The number of aromatic nitrogens is 1. The molecule has 0 bridgehead atoms. The van der Waals surface area contributed by atoms with Crippen LogP contribution in [0.5, 0.6) is 0 Å². The van der Waals surface area contributed by atoms with E-state index in [9.17, 15) is 4.79 Å². The van der Waals surface area contributed by atoms with Gasteiger partial charge in [0.25, 0.3) is 5.91 Å². The zero-order valence-electron chi connectivity index (χ0n) is 12.3. The first-order valence-corrected chi connectivity index (χ1v) is 7.43. The van der Waals surface area contributed by atoms with Gasteiger partial charge in [-0.1, -0.05) is 29.8 Å². The second-order valence-electron chi connectivity index (χ2n) is 4.78. The first-order valence-electron chi connectivity index (χ1n) is 7.05. The Morgan fingerprint density at radius 1 is 1.43 bits per heavy atom. The molecule has 0 saturated heterocycles. The van der Waals surface area contributed by atoms with Crippen molar-refractivity contribution >= 4 is 28.4 Å². The van der Waals surface area contributed by atoms with Crippen molar-refractivity contribution in [3.63, 3.8) is 0 Å². The quantitative estimate of drug-likeness (QED) is 0.657. The largest absolute Gasteiger partial charge is 0.382 e. The predicted molar refractivity (Wildman–Crippen MR) is 84.9 cm³/mol. The molecule has 4 nitrogen and oxygen atoms in total. The summed E-state index contributed by atoms with van der Waals surface area (Å²) in [5, 5.41) is 3.99. The number of amides is 1. The summed E-state index contributed by atoms with van der Waals surface area (Å²) in [5.74, 6) is -0.201. The molecule has 0 unspecified atom stereocenters. The van der Waals surface area contributed by atoms with Gasteiger partial charge in [0.2, 0.25) is 0 Å². The summed E-state index contributed by atoms with van der Waals surface area (Å²) in [6, 6.07) is 7.63. The molecular formula is C16H19ClN2O2. The van der Waals surface area contributed by atoms with E-state index in [1.807, 2.05) is 32.0 Å². The maximum atomic E-state index is 12.2. The molecule has 2 aromatic rings. The highest BCUT2D eigenvalue weighted by Gasteiger charge is 2.13. The average Bonchev–Trinajstić information content (AvgIpc) is 2.47. The molecule has 0 spiro atoms. The lowest BCUT2D eigenvalue weighted by Crippen LogP contribution is -2.25. The third kappa shape index (κ3) is 3.93. The first-order chi connectivity index (χ1) is 10.1. The fourth-order valence-electron chi connectivity index (χ4n) is 2.10. The summed E-state index contributed by atoms with van der Waals surface area (Å²) in [4.78, 5) is 16.5. The van der Waals surface area contributed by atoms with Crippen LogP contribution in [-0.2, 0) is 4.74 Å². The Morgan fingerprint density at radius 2 is 2.24 bits per heavy atom. The van der Waals surface area contributed by atoms with Crippen molar-refractivity contribution in [1.29, 1.82) is 0 Å². The molecular weight excluding hydrogens is 288 g/mol. The Kier molecular flexibility index (Phi) is 5.53. The molecule has 112 valence electrons. The molecule has 1 N–H and O–H groups in total. The Labute approximate surface area is 129 Å². The van der Waals surface area contributed by atoms with E-state index in [2.05, 4.69) is 10.3 Å². The van der Waals surface area contributed by atoms with Gasteiger partial charge in [-0.3, -0.25) is 4.79 Å². The second kappa shape index (κ2) is 7.38. The number of carbonyl (C=O) groups is 1. The van der Waals surface area contributed by atoms with Crippen LogP contribution in [0.25, 0.3) is 10.9 Å². The van der Waals surface area contributed by atoms with Gasteiger partial charge in [0.15, 0.2) is 0 Å². The van der Waals surface area contributed by atoms with Crippen LogP contribution in [0.2, 0.25) is 5.15 Å². The van der Waals surface area contributed by atoms with Crippen molar-refractivity contribution in [3.8, 4) is 0 Å². The predicted octanol–water partition coefficient (Wildman–Crippen LogP) is 3.35. The summed E-state index contributed by atoms with van der Waals surface area (Å²) in [7, 11) is 0. The van der Waals surface area contributed by atoms with Gasteiger partial charge in [0.05, 0.1) is 11.1 Å². The van der Waals surface area contributed by atoms with Crippen molar-refractivity contribution in [2.24, 2.45) is 0 Å². The number of fused-ring (bicyclic) bond motifs is 1. The SMILES string of the molecule is CCOCCCNC(=O)c1cc2cccc(C)c2nc1Cl. The standard InChI is InChI=1S/C16H19ClN2O2/c1-3-21-9-5-8-18-16(20)13-10-12-7-4-6-11(2)14(12)19-15(13)17/h4,6-7,10H,3,5,8-9H2,1-2H3,(H,18,20). The number of nitrogens with zero attached hydrogens (tertiary/aromatic N) is 1. The summed E-state index contributed by atoms with van der Waals surface area (Å²) >= 11 is 6.14. The molecule has 5 heteroatoms. The number of pyridine rings is 1. The zero-order chi connectivity index (χ0) is 15.2. The van der Waals surface area contributed by atoms with Crippen LogP contribution in [0, 0.1) is 6.92 Å². The van der Waals surface area contributed by atoms with Crippen LogP contribution in [0.1, 0.15) is 29.3 Å². The lowest BCUT2D eigenvalue weighted by molar-refractivity contribution is 0.0944. The number of rotatable bonds is 6. The van der Waals surface area contributed by atoms with Gasteiger partial charge in [-0.25, -0.2) is 4.98 Å². The summed E-state index contributed by atoms with van der Waals surface area (Å²) < 4.78 is 5.23. The van der Waals surface area contributed by atoms with Crippen molar-refractivity contribution in [3.05, 3.63) is 40.5 Å². The van der Waals surface area contributed by atoms with Crippen molar-refractivity contribution < 1.29 is 9.53 Å². The Balaban J connectivity index is 2.10. The maximum absolute atomic E-state index is 12.2. The highest BCUT2D eigenvalue weighted by molar-refractivity contribution is 6.33. The number of aryl methyl sites for hydroxylation is 1. The van der Waals surface area contributed by atoms with Crippen LogP contribution in [0.15, 0.2) is 24.3 Å². The fourth-order valence-corrected chi connectivity index (χ4v) is 2.32. The van der Waals surface area contributed by atoms with Crippen molar-refractivity contribution in [2.75, 3.05) is 19.8 Å². The van der Waals surface area contributed by atoms with E-state index in [-0.39, 0.29) is 11.1 Å². The third-order valence-electron chi connectivity index (χ3n) is 3.20. The number of hydrogen-bond donors (Lipinski definition) is 1. The van der Waals surface area contributed by atoms with Crippen LogP contribution in [0.3, 0.4) is 0 Å². The average molecular weight is 307 g/mol. The van der Waals surface area contributed by atoms with E-state index < -0.39 is 0 Å². The monoisotopic (exact) mass is 306 g/mol. The summed E-state index contributed by atoms with van der Waals surface area (Å²) in [5.41, 5.74) is 2.28. The molecule has 0 saturated carbocycles. The number of carbonyl (C=O) groups excluding carboxylic acids is 1. The van der Waals surface area contributed by atoms with Gasteiger partial charge in [0, 0.05) is 25.1 Å². The summed E-state index contributed by atoms with van der Waals surface area (Å²) in [6.45, 7) is 5.80. The molecule has 0 atom stereocenters. The van der Waals surface area contributed by atoms with Crippen LogP contribution < -0.4 is 5.32 Å². The molecule has 0 fully saturated rings. The molecule has 0 aliphatic heterocycles. The number of halogens is 1. The molecule has 2 rings (SSSR count). The highest BCUT2D eigenvalue weighted by atomic mass is 35.5. The minimum Gasteiger partial charge on any atom is -0.382 e. The molecule has 1 aromatic heterocycles. The molecule has 21 heavy (non-hydrogen) atoms. The molecule has 0 aliphatic carbocycles. The molecule has 1 heterocycles. The summed E-state index contributed by atoms with van der Waals surface area (Å²) in [6.07, 6.45) is 0.775. The molecule has 1 amide bonds. The van der Waals surface area contributed by atoms with Crippen LogP contribution in [-0.4, -0.2) is 30.6 Å². The minimum absolute atomic E-state index is 0.201. The highest BCUT2D eigenvalue weighted by Crippen LogP contribution is 2.22. The number of nitrogens with one attached hydrogen (secondary N) is 1. The lowest BCUT2D eigenvalue weighted by atomic mass is 10.1. The normalized spacial score (nSPS) is 10.8.